The minimum Gasteiger partial charge on any atom is -0.496 e. The lowest BCUT2D eigenvalue weighted by Gasteiger charge is -2.35. The zero-order valence-corrected chi connectivity index (χ0v) is 20.1. The largest absolute Gasteiger partial charge is 0.496 e. The molecule has 1 fully saturated rings. The Balaban J connectivity index is 1.28. The van der Waals surface area contributed by atoms with Gasteiger partial charge in [0.05, 0.1) is 19.4 Å². The number of para-hydroxylation sites is 2. The third-order valence-corrected chi connectivity index (χ3v) is 6.18. The number of piperazine rings is 1. The Kier molecular flexibility index (Phi) is 6.53. The molecule has 2 aromatic carbocycles. The molecule has 5 rings (SSSR count). The molecule has 36 heavy (non-hydrogen) atoms. The Morgan fingerprint density at radius 1 is 0.972 bits per heavy atom. The van der Waals surface area contributed by atoms with Gasteiger partial charge in [0.15, 0.2) is 17.2 Å². The Labute approximate surface area is 207 Å². The van der Waals surface area contributed by atoms with Crippen LogP contribution in [0.15, 0.2) is 69.9 Å². The third-order valence-electron chi connectivity index (χ3n) is 6.18. The molecular formula is C27H26N4O5. The topological polar surface area (TPSA) is 98.0 Å². The highest BCUT2D eigenvalue weighted by Gasteiger charge is 2.26. The lowest BCUT2D eigenvalue weighted by molar-refractivity contribution is 0.0742. The maximum absolute atomic E-state index is 13.2. The second-order valence-corrected chi connectivity index (χ2v) is 8.31. The van der Waals surface area contributed by atoms with Crippen molar-refractivity contribution >= 4 is 22.7 Å². The summed E-state index contributed by atoms with van der Waals surface area (Å²) in [5, 5.41) is 9.42. The average molecular weight is 487 g/mol. The molecule has 9 nitrogen and oxygen atoms in total. The quantitative estimate of drug-likeness (QED) is 0.381. The highest BCUT2D eigenvalue weighted by molar-refractivity contribution is 5.97. The number of hydrogen-bond acceptors (Lipinski definition) is 8. The Morgan fingerprint density at radius 3 is 2.47 bits per heavy atom. The summed E-state index contributed by atoms with van der Waals surface area (Å²) in [6, 6.07) is 18.4. The molecule has 9 heteroatoms. The molecular weight excluding hydrogens is 460 g/mol. The summed E-state index contributed by atoms with van der Waals surface area (Å²) in [6.45, 7) is 4.34. The fraction of sp³-hybridized carbons (Fsp3) is 0.259. The van der Waals surface area contributed by atoms with Gasteiger partial charge in [-0.25, -0.2) is 4.79 Å². The van der Waals surface area contributed by atoms with Crippen molar-refractivity contribution in [2.24, 2.45) is 0 Å². The Morgan fingerprint density at radius 2 is 1.75 bits per heavy atom. The van der Waals surface area contributed by atoms with Crippen LogP contribution in [-0.2, 0) is 0 Å². The first-order valence-corrected chi connectivity index (χ1v) is 11.8. The van der Waals surface area contributed by atoms with E-state index in [9.17, 15) is 9.59 Å². The normalized spacial score (nSPS) is 13.6. The zero-order chi connectivity index (χ0) is 25.1. The fourth-order valence-corrected chi connectivity index (χ4v) is 4.34. The van der Waals surface area contributed by atoms with Crippen molar-refractivity contribution in [3.05, 3.63) is 76.6 Å². The van der Waals surface area contributed by atoms with Gasteiger partial charge in [-0.3, -0.25) is 4.79 Å². The van der Waals surface area contributed by atoms with Crippen LogP contribution in [0.2, 0.25) is 0 Å². The van der Waals surface area contributed by atoms with Gasteiger partial charge in [-0.15, -0.1) is 10.2 Å². The molecule has 0 spiro atoms. The molecule has 0 saturated carbocycles. The number of aromatic nitrogens is 2. The van der Waals surface area contributed by atoms with Crippen LogP contribution in [0.5, 0.6) is 11.5 Å². The molecule has 1 aliphatic rings. The molecule has 184 valence electrons. The molecule has 1 saturated heterocycles. The van der Waals surface area contributed by atoms with Crippen LogP contribution in [0.1, 0.15) is 17.3 Å². The summed E-state index contributed by atoms with van der Waals surface area (Å²) in [5.74, 6) is 1.61. The van der Waals surface area contributed by atoms with Crippen molar-refractivity contribution in [3.8, 4) is 22.8 Å². The molecule has 0 atom stereocenters. The first kappa shape index (κ1) is 23.3. The number of fused-ring (bicyclic) bond motifs is 1. The number of carbonyl (C=O) groups excluding carboxylic acids is 1. The summed E-state index contributed by atoms with van der Waals surface area (Å²) in [6.07, 6.45) is 0. The minimum absolute atomic E-state index is 0.0190. The van der Waals surface area contributed by atoms with E-state index in [1.165, 1.54) is 0 Å². The van der Waals surface area contributed by atoms with E-state index < -0.39 is 5.63 Å². The highest BCUT2D eigenvalue weighted by atomic mass is 16.5. The molecule has 1 aliphatic heterocycles. The molecule has 0 radical (unpaired) electrons. The number of hydrogen-bond donors (Lipinski definition) is 0. The number of ether oxygens (including phenoxy) is 2. The van der Waals surface area contributed by atoms with Gasteiger partial charge in [0.1, 0.15) is 11.3 Å². The maximum atomic E-state index is 13.2. The summed E-state index contributed by atoms with van der Waals surface area (Å²) >= 11 is 0. The predicted octanol–water partition coefficient (Wildman–Crippen LogP) is 3.62. The van der Waals surface area contributed by atoms with Crippen LogP contribution in [0.25, 0.3) is 22.2 Å². The summed E-state index contributed by atoms with van der Waals surface area (Å²) in [7, 11) is 1.63. The molecule has 0 bridgehead atoms. The van der Waals surface area contributed by atoms with Crippen LogP contribution in [0.4, 0.5) is 5.82 Å². The fourth-order valence-electron chi connectivity index (χ4n) is 4.34. The van der Waals surface area contributed by atoms with Crippen LogP contribution in [-0.4, -0.2) is 60.9 Å². The van der Waals surface area contributed by atoms with E-state index in [-0.39, 0.29) is 11.5 Å². The van der Waals surface area contributed by atoms with E-state index in [1.54, 1.807) is 36.3 Å². The first-order valence-electron chi connectivity index (χ1n) is 11.8. The molecule has 4 aromatic rings. The number of rotatable bonds is 6. The van der Waals surface area contributed by atoms with Gasteiger partial charge in [-0.1, -0.05) is 24.3 Å². The number of benzene rings is 2. The second kappa shape index (κ2) is 10.1. The summed E-state index contributed by atoms with van der Waals surface area (Å²) in [5.41, 5.74) is 1.30. The average Bonchev–Trinajstić information content (AvgIpc) is 2.93. The van der Waals surface area contributed by atoms with Gasteiger partial charge in [0.2, 0.25) is 0 Å². The Hall–Kier alpha value is -4.40. The van der Waals surface area contributed by atoms with E-state index in [0.29, 0.717) is 49.5 Å². The number of amides is 1. The molecule has 1 amide bonds. The van der Waals surface area contributed by atoms with Crippen LogP contribution >= 0.6 is 0 Å². The van der Waals surface area contributed by atoms with Crippen molar-refractivity contribution in [2.45, 2.75) is 6.92 Å². The van der Waals surface area contributed by atoms with Crippen molar-refractivity contribution in [1.82, 2.24) is 15.1 Å². The van der Waals surface area contributed by atoms with Crippen LogP contribution in [0, 0.1) is 0 Å². The van der Waals surface area contributed by atoms with E-state index in [2.05, 4.69) is 15.1 Å². The summed E-state index contributed by atoms with van der Waals surface area (Å²) < 4.78 is 16.4. The van der Waals surface area contributed by atoms with Gasteiger partial charge in [0.25, 0.3) is 5.91 Å². The third kappa shape index (κ3) is 4.47. The van der Waals surface area contributed by atoms with Crippen LogP contribution < -0.4 is 20.0 Å². The second-order valence-electron chi connectivity index (χ2n) is 8.31. The maximum Gasteiger partial charge on any atom is 0.349 e. The summed E-state index contributed by atoms with van der Waals surface area (Å²) in [4.78, 5) is 29.5. The SMILES string of the molecule is CCOc1cccc2cc(C(=O)N3CCN(c4ccc(-c5ccccc5OC)nn4)CC3)c(=O)oc12. The van der Waals surface area contributed by atoms with Gasteiger partial charge in [0, 0.05) is 37.1 Å². The lowest BCUT2D eigenvalue weighted by atomic mass is 10.1. The minimum atomic E-state index is -0.667. The molecule has 0 N–H and O–H groups in total. The zero-order valence-electron chi connectivity index (χ0n) is 20.1. The standard InChI is InChI=1S/C27H26N4O5/c1-3-35-23-10-6-7-18-17-20(27(33)36-25(18)23)26(32)31-15-13-30(14-16-31)24-12-11-21(28-29-24)19-8-4-5-9-22(19)34-2/h4-12,17H,3,13-16H2,1-2H3. The van der Waals surface area contributed by atoms with E-state index >= 15 is 0 Å². The smallest absolute Gasteiger partial charge is 0.349 e. The van der Waals surface area contributed by atoms with E-state index in [1.807, 2.05) is 43.3 Å². The van der Waals surface area contributed by atoms with Crippen molar-refractivity contribution in [1.29, 1.82) is 0 Å². The number of anilines is 1. The number of carbonyl (C=O) groups is 1. The molecule has 2 aromatic heterocycles. The van der Waals surface area contributed by atoms with E-state index in [0.717, 1.165) is 22.8 Å². The predicted molar refractivity (Wildman–Crippen MR) is 136 cm³/mol. The highest BCUT2D eigenvalue weighted by Crippen LogP contribution is 2.29. The van der Waals surface area contributed by atoms with Crippen molar-refractivity contribution < 1.29 is 18.7 Å². The number of nitrogens with zero attached hydrogens (tertiary/aromatic N) is 4. The van der Waals surface area contributed by atoms with Gasteiger partial charge in [-0.05, 0) is 43.3 Å². The molecule has 0 unspecified atom stereocenters. The molecule has 0 aliphatic carbocycles. The van der Waals surface area contributed by atoms with Crippen molar-refractivity contribution in [3.63, 3.8) is 0 Å². The van der Waals surface area contributed by atoms with Gasteiger partial charge in [-0.2, -0.15) is 0 Å². The molecule has 3 heterocycles. The van der Waals surface area contributed by atoms with Gasteiger partial charge < -0.3 is 23.7 Å². The van der Waals surface area contributed by atoms with Crippen molar-refractivity contribution in [2.75, 3.05) is 44.8 Å². The van der Waals surface area contributed by atoms with Crippen LogP contribution in [0.3, 0.4) is 0 Å². The van der Waals surface area contributed by atoms with E-state index in [4.69, 9.17) is 13.9 Å². The Bertz CT molecular complexity index is 1440. The lowest BCUT2D eigenvalue weighted by Crippen LogP contribution is -2.49. The first-order chi connectivity index (χ1) is 17.6. The monoisotopic (exact) mass is 486 g/mol. The number of methoxy groups -OCH3 is 1. The van der Waals surface area contributed by atoms with Gasteiger partial charge >= 0.3 is 5.63 Å².